The first kappa shape index (κ1) is 18.9. The largest absolute Gasteiger partial charge is 0.493 e. The van der Waals surface area contributed by atoms with Crippen LogP contribution < -0.4 is 9.47 Å². The molecule has 25 heavy (non-hydrogen) atoms. The molecule has 0 saturated heterocycles. The number of halogens is 1. The zero-order valence-electron chi connectivity index (χ0n) is 14.8. The summed E-state index contributed by atoms with van der Waals surface area (Å²) in [6.07, 6.45) is 4.77. The summed E-state index contributed by atoms with van der Waals surface area (Å²) in [5.74, 6) is 1.61. The molecule has 0 aliphatic carbocycles. The summed E-state index contributed by atoms with van der Waals surface area (Å²) in [5.41, 5.74) is 0.748. The topological polar surface area (TPSA) is 51.9 Å². The van der Waals surface area contributed by atoms with E-state index in [1.165, 1.54) is 6.08 Å². The highest BCUT2D eigenvalue weighted by Gasteiger charge is 2.17. The van der Waals surface area contributed by atoms with E-state index in [1.807, 2.05) is 19.9 Å². The predicted molar refractivity (Wildman–Crippen MR) is 98.1 cm³/mol. The van der Waals surface area contributed by atoms with Gasteiger partial charge in [0.05, 0.1) is 31.0 Å². The molecule has 5 nitrogen and oxygen atoms in total. The van der Waals surface area contributed by atoms with Gasteiger partial charge in [0.25, 0.3) is 0 Å². The fraction of sp³-hybridized carbons (Fsp3) is 0.316. The molecule has 2 aromatic rings. The first-order chi connectivity index (χ1) is 12.0. The number of benzene rings is 1. The summed E-state index contributed by atoms with van der Waals surface area (Å²) in [4.78, 5) is 14.0. The van der Waals surface area contributed by atoms with Crippen molar-refractivity contribution in [2.45, 2.75) is 19.9 Å². The van der Waals surface area contributed by atoms with Gasteiger partial charge < -0.3 is 18.8 Å². The maximum absolute atomic E-state index is 12.4. The number of hydrogen-bond acceptors (Lipinski definition) is 4. The molecule has 0 spiro atoms. The summed E-state index contributed by atoms with van der Waals surface area (Å²) in [5, 5.41) is 0.436. The number of furan rings is 1. The lowest BCUT2D eigenvalue weighted by Crippen LogP contribution is -2.27. The van der Waals surface area contributed by atoms with Crippen LogP contribution in [0, 0.1) is 0 Å². The van der Waals surface area contributed by atoms with E-state index in [0.29, 0.717) is 23.1 Å². The van der Waals surface area contributed by atoms with Crippen LogP contribution in [0.3, 0.4) is 0 Å². The third kappa shape index (κ3) is 4.57. The Labute approximate surface area is 152 Å². The molecule has 134 valence electrons. The van der Waals surface area contributed by atoms with Crippen molar-refractivity contribution in [3.05, 3.63) is 53.0 Å². The Morgan fingerprint density at radius 1 is 1.44 bits per heavy atom. The van der Waals surface area contributed by atoms with E-state index in [9.17, 15) is 4.79 Å². The zero-order valence-corrected chi connectivity index (χ0v) is 15.5. The molecule has 0 N–H and O–H groups in total. The number of amides is 1. The van der Waals surface area contributed by atoms with E-state index in [-0.39, 0.29) is 11.9 Å². The molecule has 0 aliphatic heterocycles. The molecule has 0 radical (unpaired) electrons. The van der Waals surface area contributed by atoms with Gasteiger partial charge in [0, 0.05) is 13.1 Å². The Morgan fingerprint density at radius 3 is 2.80 bits per heavy atom. The van der Waals surface area contributed by atoms with Crippen molar-refractivity contribution in [1.29, 1.82) is 0 Å². The molecule has 0 fully saturated rings. The maximum atomic E-state index is 12.4. The second-order valence-electron chi connectivity index (χ2n) is 5.44. The highest BCUT2D eigenvalue weighted by molar-refractivity contribution is 6.32. The van der Waals surface area contributed by atoms with E-state index < -0.39 is 0 Å². The molecule has 1 aromatic heterocycles. The van der Waals surface area contributed by atoms with Crippen molar-refractivity contribution >= 4 is 23.6 Å². The number of nitrogens with zero attached hydrogens (tertiary/aromatic N) is 1. The number of hydrogen-bond donors (Lipinski definition) is 0. The van der Waals surface area contributed by atoms with Gasteiger partial charge in [0.1, 0.15) is 5.76 Å². The molecule has 1 unspecified atom stereocenters. The Hall–Kier alpha value is -2.40. The SMILES string of the molecule is CCOc1c(Cl)cc(/C=C/C(=O)N(C)C(C)c2ccco2)cc1OC. The van der Waals surface area contributed by atoms with Gasteiger partial charge in [-0.15, -0.1) is 0 Å². The molecular weight excluding hydrogens is 342 g/mol. The number of methoxy groups -OCH3 is 1. The Morgan fingerprint density at radius 2 is 2.20 bits per heavy atom. The molecule has 1 heterocycles. The Kier molecular flexibility index (Phi) is 6.53. The summed E-state index contributed by atoms with van der Waals surface area (Å²) < 4.78 is 16.1. The minimum atomic E-state index is -0.161. The van der Waals surface area contributed by atoms with Gasteiger partial charge >= 0.3 is 0 Å². The van der Waals surface area contributed by atoms with Gasteiger partial charge in [-0.1, -0.05) is 11.6 Å². The normalized spacial score (nSPS) is 12.2. The van der Waals surface area contributed by atoms with Crippen LogP contribution in [-0.4, -0.2) is 31.6 Å². The molecule has 1 aromatic carbocycles. The second kappa shape index (κ2) is 8.62. The van der Waals surface area contributed by atoms with Crippen LogP contribution in [0.5, 0.6) is 11.5 Å². The number of rotatable bonds is 7. The van der Waals surface area contributed by atoms with E-state index in [1.54, 1.807) is 49.6 Å². The smallest absolute Gasteiger partial charge is 0.246 e. The molecule has 0 saturated carbocycles. The van der Waals surface area contributed by atoms with Crippen LogP contribution in [0.25, 0.3) is 6.08 Å². The average Bonchev–Trinajstić information content (AvgIpc) is 3.14. The van der Waals surface area contributed by atoms with Crippen molar-refractivity contribution in [3.63, 3.8) is 0 Å². The predicted octanol–water partition coefficient (Wildman–Crippen LogP) is 4.57. The lowest BCUT2D eigenvalue weighted by atomic mass is 10.1. The fourth-order valence-electron chi connectivity index (χ4n) is 2.32. The Balaban J connectivity index is 2.15. The molecule has 6 heteroatoms. The minimum Gasteiger partial charge on any atom is -0.493 e. The van der Waals surface area contributed by atoms with E-state index in [0.717, 1.165) is 11.3 Å². The second-order valence-corrected chi connectivity index (χ2v) is 5.85. The van der Waals surface area contributed by atoms with Crippen molar-refractivity contribution in [2.24, 2.45) is 0 Å². The van der Waals surface area contributed by atoms with Gasteiger partial charge in [-0.05, 0) is 49.8 Å². The first-order valence-corrected chi connectivity index (χ1v) is 8.34. The third-order valence-electron chi connectivity index (χ3n) is 3.84. The van der Waals surface area contributed by atoms with Crippen LogP contribution in [0.1, 0.15) is 31.2 Å². The molecule has 2 rings (SSSR count). The van der Waals surface area contributed by atoms with Crippen LogP contribution in [-0.2, 0) is 4.79 Å². The lowest BCUT2D eigenvalue weighted by Gasteiger charge is -2.21. The van der Waals surface area contributed by atoms with Crippen molar-refractivity contribution in [3.8, 4) is 11.5 Å². The lowest BCUT2D eigenvalue weighted by molar-refractivity contribution is -0.126. The van der Waals surface area contributed by atoms with E-state index in [4.69, 9.17) is 25.5 Å². The first-order valence-electron chi connectivity index (χ1n) is 7.96. The van der Waals surface area contributed by atoms with Crippen molar-refractivity contribution in [2.75, 3.05) is 20.8 Å². The number of carbonyl (C=O) groups is 1. The monoisotopic (exact) mass is 363 g/mol. The van der Waals surface area contributed by atoms with Gasteiger partial charge in [-0.25, -0.2) is 0 Å². The number of carbonyl (C=O) groups excluding carboxylic acids is 1. The van der Waals surface area contributed by atoms with Gasteiger partial charge in [0.2, 0.25) is 5.91 Å². The fourth-order valence-corrected chi connectivity index (χ4v) is 2.59. The van der Waals surface area contributed by atoms with Crippen LogP contribution in [0.2, 0.25) is 5.02 Å². The van der Waals surface area contributed by atoms with E-state index >= 15 is 0 Å². The van der Waals surface area contributed by atoms with Gasteiger partial charge in [-0.2, -0.15) is 0 Å². The van der Waals surface area contributed by atoms with Crippen LogP contribution in [0.4, 0.5) is 0 Å². The summed E-state index contributed by atoms with van der Waals surface area (Å²) in [7, 11) is 3.28. The number of ether oxygens (including phenoxy) is 2. The molecule has 1 amide bonds. The highest BCUT2D eigenvalue weighted by atomic mass is 35.5. The summed E-state index contributed by atoms with van der Waals surface area (Å²) >= 11 is 6.24. The average molecular weight is 364 g/mol. The standard InChI is InChI=1S/C19H22ClNO4/c1-5-24-19-15(20)11-14(12-17(19)23-4)8-9-18(22)21(3)13(2)16-7-6-10-25-16/h6-13H,5H2,1-4H3/b9-8+. The zero-order chi connectivity index (χ0) is 18.4. The number of likely N-dealkylation sites (N-methyl/N-ethyl adjacent to an activating group) is 1. The summed E-state index contributed by atoms with van der Waals surface area (Å²) in [6, 6.07) is 6.99. The van der Waals surface area contributed by atoms with E-state index in [2.05, 4.69) is 0 Å². The quantitative estimate of drug-likeness (QED) is 0.676. The van der Waals surface area contributed by atoms with Crippen LogP contribution in [0.15, 0.2) is 41.0 Å². The molecule has 0 bridgehead atoms. The van der Waals surface area contributed by atoms with Crippen molar-refractivity contribution < 1.29 is 18.7 Å². The van der Waals surface area contributed by atoms with Crippen LogP contribution >= 0.6 is 11.6 Å². The molecular formula is C19H22ClNO4. The maximum Gasteiger partial charge on any atom is 0.246 e. The Bertz CT molecular complexity index is 740. The summed E-state index contributed by atoms with van der Waals surface area (Å²) in [6.45, 7) is 4.26. The minimum absolute atomic E-state index is 0.145. The van der Waals surface area contributed by atoms with Gasteiger partial charge in [0.15, 0.2) is 11.5 Å². The molecule has 0 aliphatic rings. The third-order valence-corrected chi connectivity index (χ3v) is 4.12. The highest BCUT2D eigenvalue weighted by Crippen LogP contribution is 2.36. The van der Waals surface area contributed by atoms with Gasteiger partial charge in [-0.3, -0.25) is 4.79 Å². The van der Waals surface area contributed by atoms with Crippen molar-refractivity contribution in [1.82, 2.24) is 4.90 Å². The molecule has 1 atom stereocenters.